The number of aromatic amines is 1. The third-order valence-electron chi connectivity index (χ3n) is 5.28. The van der Waals surface area contributed by atoms with E-state index in [4.69, 9.17) is 10.00 Å². The Morgan fingerprint density at radius 1 is 1.37 bits per heavy atom. The summed E-state index contributed by atoms with van der Waals surface area (Å²) < 4.78 is 5.35. The van der Waals surface area contributed by atoms with Gasteiger partial charge in [-0.2, -0.15) is 5.26 Å². The van der Waals surface area contributed by atoms with Gasteiger partial charge >= 0.3 is 0 Å². The van der Waals surface area contributed by atoms with Gasteiger partial charge in [0.1, 0.15) is 11.4 Å². The zero-order valence-corrected chi connectivity index (χ0v) is 15.3. The molecule has 1 saturated carbocycles. The van der Waals surface area contributed by atoms with Gasteiger partial charge in [0.2, 0.25) is 0 Å². The fourth-order valence-corrected chi connectivity index (χ4v) is 3.50. The first-order valence-electron chi connectivity index (χ1n) is 8.88. The fourth-order valence-electron chi connectivity index (χ4n) is 3.50. The molecule has 1 aliphatic rings. The number of benzene rings is 1. The van der Waals surface area contributed by atoms with Crippen LogP contribution in [0.2, 0.25) is 0 Å². The number of carbonyl (C=O) groups is 1. The van der Waals surface area contributed by atoms with Crippen molar-refractivity contribution in [2.75, 3.05) is 7.11 Å². The smallest absolute Gasteiger partial charge is 0.282 e. The maximum absolute atomic E-state index is 11.9. The molecule has 0 spiro atoms. The number of nitrogens with zero attached hydrogens (tertiary/aromatic N) is 2. The van der Waals surface area contributed by atoms with Crippen LogP contribution in [0.1, 0.15) is 47.2 Å². The zero-order valence-electron chi connectivity index (χ0n) is 15.3. The third-order valence-corrected chi connectivity index (χ3v) is 5.28. The summed E-state index contributed by atoms with van der Waals surface area (Å²) in [6.45, 7) is 2.27. The number of hydrogen-bond donors (Lipinski definition) is 2. The van der Waals surface area contributed by atoms with Crippen molar-refractivity contribution >= 4 is 16.8 Å². The van der Waals surface area contributed by atoms with Gasteiger partial charge in [-0.15, -0.1) is 0 Å². The first-order chi connectivity index (χ1) is 13.0. The molecule has 1 amide bonds. The Hall–Kier alpha value is -3.33. The lowest BCUT2D eigenvalue weighted by Crippen LogP contribution is -2.19. The van der Waals surface area contributed by atoms with Crippen molar-refractivity contribution in [1.82, 2.24) is 15.3 Å². The van der Waals surface area contributed by atoms with Crippen LogP contribution in [0, 0.1) is 11.5 Å². The number of hydrogen-bond acceptors (Lipinski definition) is 4. The predicted octanol–water partition coefficient (Wildman–Crippen LogP) is 3.42. The normalized spacial score (nSPS) is 14.6. The number of fused-ring (bicyclic) bond motifs is 1. The molecule has 0 atom stereocenters. The maximum atomic E-state index is 11.9. The minimum atomic E-state index is -0.489. The van der Waals surface area contributed by atoms with Crippen molar-refractivity contribution in [3.63, 3.8) is 0 Å². The highest BCUT2D eigenvalue weighted by Crippen LogP contribution is 2.50. The van der Waals surface area contributed by atoms with Gasteiger partial charge in [0.15, 0.2) is 6.19 Å². The lowest BCUT2D eigenvalue weighted by atomic mass is 9.96. The van der Waals surface area contributed by atoms with E-state index in [1.807, 2.05) is 18.2 Å². The van der Waals surface area contributed by atoms with Gasteiger partial charge < -0.3 is 9.72 Å². The molecular formula is C21H20N4O2. The fraction of sp³-hybridized carbons (Fsp3) is 0.286. The molecule has 1 aliphatic carbocycles. The van der Waals surface area contributed by atoms with Gasteiger partial charge in [0.25, 0.3) is 5.91 Å². The monoisotopic (exact) mass is 360 g/mol. The molecule has 0 radical (unpaired) electrons. The lowest BCUT2D eigenvalue weighted by molar-refractivity contribution is 0.0967. The standard InChI is InChI=1S/C21H20N4O2/c1-21(8-9-21)19-16(15-7-6-14(27-2)11-18(15)25-19)10-13-4-3-5-17(24-13)20(26)23-12-22/h3-7,11,25H,8-10H2,1-2H3,(H,23,26). The average molecular weight is 360 g/mol. The quantitative estimate of drug-likeness (QED) is 0.539. The summed E-state index contributed by atoms with van der Waals surface area (Å²) in [5.41, 5.74) is 4.69. The molecule has 0 saturated heterocycles. The summed E-state index contributed by atoms with van der Waals surface area (Å²) in [5, 5.41) is 11.9. The van der Waals surface area contributed by atoms with E-state index in [0.29, 0.717) is 6.42 Å². The Morgan fingerprint density at radius 2 is 2.19 bits per heavy atom. The maximum Gasteiger partial charge on any atom is 0.282 e. The zero-order chi connectivity index (χ0) is 19.0. The number of nitriles is 1. The van der Waals surface area contributed by atoms with Crippen LogP contribution < -0.4 is 10.1 Å². The van der Waals surface area contributed by atoms with Crippen molar-refractivity contribution < 1.29 is 9.53 Å². The van der Waals surface area contributed by atoms with Crippen LogP contribution in [-0.4, -0.2) is 23.0 Å². The molecule has 2 N–H and O–H groups in total. The van der Waals surface area contributed by atoms with E-state index in [9.17, 15) is 4.79 Å². The first-order valence-corrected chi connectivity index (χ1v) is 8.88. The molecule has 1 aromatic carbocycles. The average Bonchev–Trinajstić information content (AvgIpc) is 3.33. The molecule has 0 aliphatic heterocycles. The molecule has 0 unspecified atom stereocenters. The molecule has 2 aromatic heterocycles. The second-order valence-corrected chi connectivity index (χ2v) is 7.21. The van der Waals surface area contributed by atoms with Crippen LogP contribution >= 0.6 is 0 Å². The number of rotatable bonds is 5. The van der Waals surface area contributed by atoms with Crippen molar-refractivity contribution in [3.8, 4) is 11.9 Å². The lowest BCUT2D eigenvalue weighted by Gasteiger charge is -2.11. The van der Waals surface area contributed by atoms with Crippen LogP contribution in [0.4, 0.5) is 0 Å². The number of H-pyrrole nitrogens is 1. The van der Waals surface area contributed by atoms with Crippen LogP contribution in [0.5, 0.6) is 5.75 Å². The highest BCUT2D eigenvalue weighted by molar-refractivity contribution is 5.93. The van der Waals surface area contributed by atoms with Crippen LogP contribution in [0.3, 0.4) is 0 Å². The molecule has 2 heterocycles. The highest BCUT2D eigenvalue weighted by atomic mass is 16.5. The van der Waals surface area contributed by atoms with Crippen molar-refractivity contribution in [3.05, 3.63) is 59.0 Å². The summed E-state index contributed by atoms with van der Waals surface area (Å²) in [5.74, 6) is 0.327. The molecular weight excluding hydrogens is 340 g/mol. The second kappa shape index (κ2) is 6.44. The molecule has 6 heteroatoms. The number of amides is 1. The molecule has 3 aromatic rings. The summed E-state index contributed by atoms with van der Waals surface area (Å²) in [7, 11) is 1.66. The van der Waals surface area contributed by atoms with Crippen LogP contribution in [0.15, 0.2) is 36.4 Å². The summed E-state index contributed by atoms with van der Waals surface area (Å²) in [6, 6.07) is 11.4. The van der Waals surface area contributed by atoms with Gasteiger partial charge in [-0.3, -0.25) is 10.1 Å². The summed E-state index contributed by atoms with van der Waals surface area (Å²) >= 11 is 0. The Morgan fingerprint density at radius 3 is 2.89 bits per heavy atom. The molecule has 0 bridgehead atoms. The number of pyridine rings is 1. The van der Waals surface area contributed by atoms with E-state index in [-0.39, 0.29) is 11.1 Å². The Labute approximate surface area is 157 Å². The van der Waals surface area contributed by atoms with Gasteiger partial charge in [-0.25, -0.2) is 4.98 Å². The van der Waals surface area contributed by atoms with Gasteiger partial charge in [-0.05, 0) is 42.7 Å². The van der Waals surface area contributed by atoms with E-state index in [1.54, 1.807) is 25.4 Å². The van der Waals surface area contributed by atoms with Gasteiger partial charge in [0.05, 0.1) is 7.11 Å². The van der Waals surface area contributed by atoms with Crippen molar-refractivity contribution in [1.29, 1.82) is 5.26 Å². The highest BCUT2D eigenvalue weighted by Gasteiger charge is 2.42. The molecule has 4 rings (SSSR count). The van der Waals surface area contributed by atoms with Crippen LogP contribution in [-0.2, 0) is 11.8 Å². The van der Waals surface area contributed by atoms with Crippen molar-refractivity contribution in [2.45, 2.75) is 31.6 Å². The number of carbonyl (C=O) groups excluding carboxylic acids is 1. The number of nitrogens with one attached hydrogen (secondary N) is 2. The molecule has 6 nitrogen and oxygen atoms in total. The van der Waals surface area contributed by atoms with E-state index in [0.717, 1.165) is 35.2 Å². The number of ether oxygens (including phenoxy) is 1. The molecule has 1 fully saturated rings. The topological polar surface area (TPSA) is 90.8 Å². The Kier molecular flexibility index (Phi) is 4.08. The van der Waals surface area contributed by atoms with Gasteiger partial charge in [0, 0.05) is 40.2 Å². The summed E-state index contributed by atoms with van der Waals surface area (Å²) in [6.07, 6.45) is 4.57. The minimum Gasteiger partial charge on any atom is -0.497 e. The first kappa shape index (κ1) is 17.1. The van der Waals surface area contributed by atoms with E-state index >= 15 is 0 Å². The Balaban J connectivity index is 1.76. The minimum absolute atomic E-state index is 0.164. The molecule has 136 valence electrons. The van der Waals surface area contributed by atoms with E-state index in [2.05, 4.69) is 28.3 Å². The van der Waals surface area contributed by atoms with Crippen molar-refractivity contribution in [2.24, 2.45) is 0 Å². The van der Waals surface area contributed by atoms with Gasteiger partial charge in [-0.1, -0.05) is 13.0 Å². The largest absolute Gasteiger partial charge is 0.497 e. The predicted molar refractivity (Wildman–Crippen MR) is 102 cm³/mol. The van der Waals surface area contributed by atoms with E-state index < -0.39 is 5.91 Å². The SMILES string of the molecule is COc1ccc2c(Cc3cccc(C(=O)NC#N)n3)c(C3(C)CC3)[nH]c2c1. The summed E-state index contributed by atoms with van der Waals surface area (Å²) in [4.78, 5) is 19.9. The molecule has 27 heavy (non-hydrogen) atoms. The number of aromatic nitrogens is 2. The second-order valence-electron chi connectivity index (χ2n) is 7.21. The van der Waals surface area contributed by atoms with E-state index in [1.165, 1.54) is 11.3 Å². The third kappa shape index (κ3) is 3.13. The number of methoxy groups -OCH3 is 1. The van der Waals surface area contributed by atoms with Crippen LogP contribution in [0.25, 0.3) is 10.9 Å². The Bertz CT molecular complexity index is 1070.